The number of hydrogen-bond donors (Lipinski definition) is 1. The van der Waals surface area contributed by atoms with Crippen LogP contribution in [0.25, 0.3) is 0 Å². The summed E-state index contributed by atoms with van der Waals surface area (Å²) in [5, 5.41) is 2.69. The van der Waals surface area contributed by atoms with Gasteiger partial charge in [0.2, 0.25) is 11.8 Å². The molecule has 0 saturated heterocycles. The number of nitrogens with zero attached hydrogens (tertiary/aromatic N) is 2. The van der Waals surface area contributed by atoms with Crippen LogP contribution in [0.1, 0.15) is 31.4 Å². The Balaban J connectivity index is 2.19. The molecule has 0 aliphatic carbocycles. The molecule has 0 heterocycles. The van der Waals surface area contributed by atoms with Crippen LogP contribution in [0.5, 0.6) is 0 Å². The van der Waals surface area contributed by atoms with E-state index in [0.29, 0.717) is 22.0 Å². The SMILES string of the molecule is CCNC(=O)[C@H](CC)N(Cc1c(Cl)cccc1Cl)C(=O)CN(c1cc(C(F)(F)F)ccc1Cl)S(=O)(=O)c1ccccc1. The number of rotatable bonds is 11. The largest absolute Gasteiger partial charge is 0.416 e. The van der Waals surface area contributed by atoms with Gasteiger partial charge in [0.25, 0.3) is 10.0 Å². The Hall–Kier alpha value is -2.99. The molecule has 3 aromatic rings. The lowest BCUT2D eigenvalue weighted by molar-refractivity contribution is -0.140. The molecule has 0 unspecified atom stereocenters. The van der Waals surface area contributed by atoms with Crippen LogP contribution in [0.4, 0.5) is 18.9 Å². The van der Waals surface area contributed by atoms with Gasteiger partial charge in [-0.05, 0) is 55.8 Å². The second-order valence-corrected chi connectivity index (χ2v) is 12.1. The lowest BCUT2D eigenvalue weighted by Crippen LogP contribution is -2.52. The molecule has 0 aliphatic rings. The molecule has 2 amide bonds. The Kier molecular flexibility index (Phi) is 11.2. The van der Waals surface area contributed by atoms with Gasteiger partial charge in [-0.15, -0.1) is 0 Å². The van der Waals surface area contributed by atoms with Crippen molar-refractivity contribution in [1.82, 2.24) is 10.2 Å². The number of amides is 2. The normalized spacial score (nSPS) is 12.5. The molecule has 1 N–H and O–H groups in total. The Labute approximate surface area is 257 Å². The zero-order valence-electron chi connectivity index (χ0n) is 22.5. The number of nitrogens with one attached hydrogen (secondary N) is 1. The summed E-state index contributed by atoms with van der Waals surface area (Å²) in [6.07, 6.45) is -4.71. The van der Waals surface area contributed by atoms with Crippen LogP contribution in [0, 0.1) is 0 Å². The van der Waals surface area contributed by atoms with Gasteiger partial charge < -0.3 is 10.2 Å². The summed E-state index contributed by atoms with van der Waals surface area (Å²) in [6.45, 7) is 2.30. The molecule has 3 rings (SSSR count). The van der Waals surface area contributed by atoms with Crippen molar-refractivity contribution in [3.8, 4) is 0 Å². The van der Waals surface area contributed by atoms with Crippen molar-refractivity contribution >= 4 is 62.3 Å². The number of carbonyl (C=O) groups excluding carboxylic acids is 2. The first-order chi connectivity index (χ1) is 19.7. The standard InChI is InChI=1S/C28H27Cl3F3N3O4S/c1-3-24(27(39)35-4-2)36(16-20-21(29)11-8-12-22(20)30)26(38)17-37(42(40,41)19-9-6-5-7-10-19)25-15-18(28(32,33)34)13-14-23(25)31/h5-15,24H,3-4,16-17H2,1-2H3,(H,35,39)/t24-/m0/s1. The molecule has 3 aromatic carbocycles. The van der Waals surface area contributed by atoms with Gasteiger partial charge in [0.05, 0.1) is 21.2 Å². The van der Waals surface area contributed by atoms with Crippen LogP contribution < -0.4 is 9.62 Å². The molecule has 1 atom stereocenters. The average Bonchev–Trinajstić information content (AvgIpc) is 2.93. The van der Waals surface area contributed by atoms with Crippen LogP contribution in [0.3, 0.4) is 0 Å². The number of likely N-dealkylation sites (N-methyl/N-ethyl adjacent to an activating group) is 1. The lowest BCUT2D eigenvalue weighted by Gasteiger charge is -2.33. The molecule has 14 heteroatoms. The summed E-state index contributed by atoms with van der Waals surface area (Å²) < 4.78 is 69.1. The number of alkyl halides is 3. The Morgan fingerprint density at radius 1 is 0.905 bits per heavy atom. The van der Waals surface area contributed by atoms with Crippen molar-refractivity contribution in [3.05, 3.63) is 92.9 Å². The molecule has 42 heavy (non-hydrogen) atoms. The maximum Gasteiger partial charge on any atom is 0.416 e. The van der Waals surface area contributed by atoms with E-state index in [2.05, 4.69) is 5.32 Å². The van der Waals surface area contributed by atoms with Crippen molar-refractivity contribution in [1.29, 1.82) is 0 Å². The second-order valence-electron chi connectivity index (χ2n) is 9.03. The van der Waals surface area contributed by atoms with Gasteiger partial charge in [-0.1, -0.05) is 66.0 Å². The highest BCUT2D eigenvalue weighted by Crippen LogP contribution is 2.37. The monoisotopic (exact) mass is 663 g/mol. The highest BCUT2D eigenvalue weighted by molar-refractivity contribution is 7.92. The summed E-state index contributed by atoms with van der Waals surface area (Å²) in [4.78, 5) is 27.9. The molecule has 226 valence electrons. The first-order valence-electron chi connectivity index (χ1n) is 12.7. The zero-order chi connectivity index (χ0) is 31.2. The van der Waals surface area contributed by atoms with E-state index < -0.39 is 51.9 Å². The van der Waals surface area contributed by atoms with Crippen LogP contribution >= 0.6 is 34.8 Å². The molecular weight excluding hydrogens is 638 g/mol. The quantitative estimate of drug-likeness (QED) is 0.244. The van der Waals surface area contributed by atoms with Gasteiger partial charge in [-0.25, -0.2) is 8.42 Å². The smallest absolute Gasteiger partial charge is 0.355 e. The molecule has 0 radical (unpaired) electrons. The molecule has 0 saturated carbocycles. The number of benzene rings is 3. The van der Waals surface area contributed by atoms with Crippen molar-refractivity contribution < 1.29 is 31.2 Å². The van der Waals surface area contributed by atoms with E-state index in [9.17, 15) is 31.2 Å². The fourth-order valence-corrected chi connectivity index (χ4v) is 6.41. The van der Waals surface area contributed by atoms with Gasteiger partial charge in [0.1, 0.15) is 12.6 Å². The van der Waals surface area contributed by atoms with E-state index in [4.69, 9.17) is 34.8 Å². The molecule has 0 spiro atoms. The summed E-state index contributed by atoms with van der Waals surface area (Å²) in [5.41, 5.74) is -1.44. The number of carbonyl (C=O) groups is 2. The lowest BCUT2D eigenvalue weighted by atomic mass is 10.1. The maximum atomic E-state index is 14.0. The van der Waals surface area contributed by atoms with Crippen molar-refractivity contribution in [3.63, 3.8) is 0 Å². The van der Waals surface area contributed by atoms with E-state index >= 15 is 0 Å². The van der Waals surface area contributed by atoms with Crippen LogP contribution in [0.15, 0.2) is 71.6 Å². The van der Waals surface area contributed by atoms with Gasteiger partial charge in [0.15, 0.2) is 0 Å². The molecule has 0 fully saturated rings. The molecular formula is C28H27Cl3F3N3O4S. The molecule has 0 aliphatic heterocycles. The van der Waals surface area contributed by atoms with E-state index in [1.54, 1.807) is 26.0 Å². The van der Waals surface area contributed by atoms with Crippen LogP contribution in [-0.4, -0.2) is 44.3 Å². The summed E-state index contributed by atoms with van der Waals surface area (Å²) in [7, 11) is -4.64. The third kappa shape index (κ3) is 7.69. The molecule has 7 nitrogen and oxygen atoms in total. The third-order valence-electron chi connectivity index (χ3n) is 6.28. The van der Waals surface area contributed by atoms with Gasteiger partial charge >= 0.3 is 6.18 Å². The first kappa shape index (κ1) is 33.5. The van der Waals surface area contributed by atoms with Crippen molar-refractivity contribution in [2.45, 2.75) is 43.9 Å². The Morgan fingerprint density at radius 3 is 2.07 bits per heavy atom. The predicted molar refractivity (Wildman–Crippen MR) is 157 cm³/mol. The Bertz CT molecular complexity index is 1520. The fraction of sp³-hybridized carbons (Fsp3) is 0.286. The first-order valence-corrected chi connectivity index (χ1v) is 15.2. The summed E-state index contributed by atoms with van der Waals surface area (Å²) in [6, 6.07) is 12.6. The average molecular weight is 665 g/mol. The fourth-order valence-electron chi connectivity index (χ4n) is 4.18. The highest BCUT2D eigenvalue weighted by atomic mass is 35.5. The zero-order valence-corrected chi connectivity index (χ0v) is 25.5. The highest BCUT2D eigenvalue weighted by Gasteiger charge is 2.37. The van der Waals surface area contributed by atoms with Crippen molar-refractivity contribution in [2.24, 2.45) is 0 Å². The minimum absolute atomic E-state index is 0.120. The van der Waals surface area contributed by atoms with E-state index in [1.807, 2.05) is 0 Å². The summed E-state index contributed by atoms with van der Waals surface area (Å²) in [5.74, 6) is -1.43. The predicted octanol–water partition coefficient (Wildman–Crippen LogP) is 6.80. The van der Waals surface area contributed by atoms with E-state index in [-0.39, 0.29) is 39.5 Å². The molecule has 0 bridgehead atoms. The topological polar surface area (TPSA) is 86.8 Å². The Morgan fingerprint density at radius 2 is 1.52 bits per heavy atom. The third-order valence-corrected chi connectivity index (χ3v) is 9.08. The van der Waals surface area contributed by atoms with Gasteiger partial charge in [-0.3, -0.25) is 13.9 Å². The number of halogens is 6. The van der Waals surface area contributed by atoms with Crippen LogP contribution in [0.2, 0.25) is 15.1 Å². The minimum atomic E-state index is -4.83. The van der Waals surface area contributed by atoms with Gasteiger partial charge in [-0.2, -0.15) is 13.2 Å². The molecule has 0 aromatic heterocycles. The number of sulfonamides is 1. The van der Waals surface area contributed by atoms with Crippen LogP contribution in [-0.2, 0) is 32.3 Å². The summed E-state index contributed by atoms with van der Waals surface area (Å²) >= 11 is 19.0. The minimum Gasteiger partial charge on any atom is -0.355 e. The van der Waals surface area contributed by atoms with Gasteiger partial charge in [0, 0.05) is 28.7 Å². The van der Waals surface area contributed by atoms with E-state index in [0.717, 1.165) is 11.0 Å². The van der Waals surface area contributed by atoms with E-state index in [1.165, 1.54) is 36.4 Å². The van der Waals surface area contributed by atoms with Crippen molar-refractivity contribution in [2.75, 3.05) is 17.4 Å². The second kappa shape index (κ2) is 14.0. The number of hydrogen-bond acceptors (Lipinski definition) is 4. The maximum absolute atomic E-state index is 14.0. The number of anilines is 1.